The lowest BCUT2D eigenvalue weighted by molar-refractivity contribution is 0.0652. The summed E-state index contributed by atoms with van der Waals surface area (Å²) in [7, 11) is 0. The normalized spacial score (nSPS) is 11.3. The van der Waals surface area contributed by atoms with Gasteiger partial charge in [-0.3, -0.25) is 0 Å². The maximum atomic E-state index is 5.49. The van der Waals surface area contributed by atoms with Crippen LogP contribution in [-0.2, 0) is 17.8 Å². The zero-order valence-corrected chi connectivity index (χ0v) is 11.8. The standard InChI is InChI=1S/C12H23N3OS/c1-4-7-13-8-5-6-11-14-15-12(17-11)9-16-10(2)3/h10,13H,4-9H2,1-3H3. The van der Waals surface area contributed by atoms with Crippen molar-refractivity contribution in [3.63, 3.8) is 0 Å². The molecule has 0 saturated carbocycles. The van der Waals surface area contributed by atoms with Gasteiger partial charge in [-0.1, -0.05) is 18.3 Å². The van der Waals surface area contributed by atoms with E-state index in [0.717, 1.165) is 35.9 Å². The van der Waals surface area contributed by atoms with Crippen molar-refractivity contribution in [2.75, 3.05) is 13.1 Å². The highest BCUT2D eigenvalue weighted by atomic mass is 32.1. The lowest BCUT2D eigenvalue weighted by atomic mass is 10.3. The van der Waals surface area contributed by atoms with Crippen LogP contribution in [0.4, 0.5) is 0 Å². The summed E-state index contributed by atoms with van der Waals surface area (Å²) in [4.78, 5) is 0. The van der Waals surface area contributed by atoms with Gasteiger partial charge >= 0.3 is 0 Å². The Morgan fingerprint density at radius 2 is 2.00 bits per heavy atom. The van der Waals surface area contributed by atoms with Crippen molar-refractivity contribution in [2.45, 2.75) is 52.7 Å². The Kier molecular flexibility index (Phi) is 7.32. The van der Waals surface area contributed by atoms with Crippen molar-refractivity contribution in [3.05, 3.63) is 10.0 Å². The highest BCUT2D eigenvalue weighted by molar-refractivity contribution is 7.11. The molecule has 0 amide bonds. The van der Waals surface area contributed by atoms with Crippen LogP contribution in [0.1, 0.15) is 43.6 Å². The second-order valence-corrected chi connectivity index (χ2v) is 5.45. The molecular formula is C12H23N3OS. The van der Waals surface area contributed by atoms with Gasteiger partial charge < -0.3 is 10.1 Å². The molecule has 1 rings (SSSR count). The summed E-state index contributed by atoms with van der Waals surface area (Å²) in [5, 5.41) is 13.8. The van der Waals surface area contributed by atoms with E-state index in [-0.39, 0.29) is 6.10 Å². The Morgan fingerprint density at radius 1 is 1.24 bits per heavy atom. The first kappa shape index (κ1) is 14.5. The van der Waals surface area contributed by atoms with Gasteiger partial charge in [0.05, 0.1) is 6.10 Å². The topological polar surface area (TPSA) is 47.0 Å². The van der Waals surface area contributed by atoms with E-state index >= 15 is 0 Å². The van der Waals surface area contributed by atoms with Gasteiger partial charge in [-0.05, 0) is 39.8 Å². The molecule has 4 nitrogen and oxygen atoms in total. The molecule has 1 N–H and O–H groups in total. The Morgan fingerprint density at radius 3 is 2.71 bits per heavy atom. The van der Waals surface area contributed by atoms with Crippen LogP contribution in [0.3, 0.4) is 0 Å². The van der Waals surface area contributed by atoms with Crippen LogP contribution >= 0.6 is 11.3 Å². The van der Waals surface area contributed by atoms with Crippen molar-refractivity contribution in [2.24, 2.45) is 0 Å². The quantitative estimate of drug-likeness (QED) is 0.690. The minimum absolute atomic E-state index is 0.251. The van der Waals surface area contributed by atoms with Crippen LogP contribution < -0.4 is 5.32 Å². The summed E-state index contributed by atoms with van der Waals surface area (Å²) in [5.41, 5.74) is 0. The predicted octanol–water partition coefficient (Wildman–Crippen LogP) is 2.40. The van der Waals surface area contributed by atoms with E-state index in [1.165, 1.54) is 6.42 Å². The monoisotopic (exact) mass is 257 g/mol. The minimum atomic E-state index is 0.251. The number of hydrogen-bond acceptors (Lipinski definition) is 5. The van der Waals surface area contributed by atoms with Gasteiger partial charge in [0.15, 0.2) is 0 Å². The molecule has 0 aliphatic heterocycles. The number of rotatable bonds is 9. The van der Waals surface area contributed by atoms with Crippen LogP contribution in [-0.4, -0.2) is 29.4 Å². The van der Waals surface area contributed by atoms with Gasteiger partial charge in [0.2, 0.25) is 0 Å². The van der Waals surface area contributed by atoms with Crippen molar-refractivity contribution in [1.29, 1.82) is 0 Å². The maximum Gasteiger partial charge on any atom is 0.143 e. The molecule has 0 radical (unpaired) electrons. The maximum absolute atomic E-state index is 5.49. The number of ether oxygens (including phenoxy) is 1. The molecule has 1 aromatic heterocycles. The molecule has 0 spiro atoms. The smallest absolute Gasteiger partial charge is 0.143 e. The first-order valence-corrected chi connectivity index (χ1v) is 7.17. The number of hydrogen-bond donors (Lipinski definition) is 1. The first-order valence-electron chi connectivity index (χ1n) is 6.36. The van der Waals surface area contributed by atoms with E-state index in [0.29, 0.717) is 6.61 Å². The molecule has 0 fully saturated rings. The summed E-state index contributed by atoms with van der Waals surface area (Å²) in [6, 6.07) is 0. The minimum Gasteiger partial charge on any atom is -0.372 e. The molecule has 0 aromatic carbocycles. The zero-order chi connectivity index (χ0) is 12.5. The van der Waals surface area contributed by atoms with Gasteiger partial charge in [-0.15, -0.1) is 10.2 Å². The van der Waals surface area contributed by atoms with Gasteiger partial charge in [0.1, 0.15) is 16.6 Å². The fourth-order valence-corrected chi connectivity index (χ4v) is 2.16. The van der Waals surface area contributed by atoms with Gasteiger partial charge in [0, 0.05) is 6.42 Å². The third-order valence-electron chi connectivity index (χ3n) is 2.22. The number of aromatic nitrogens is 2. The molecule has 98 valence electrons. The molecular weight excluding hydrogens is 234 g/mol. The van der Waals surface area contributed by atoms with E-state index in [9.17, 15) is 0 Å². The van der Waals surface area contributed by atoms with Crippen molar-refractivity contribution in [3.8, 4) is 0 Å². The fourth-order valence-electron chi connectivity index (χ4n) is 1.35. The zero-order valence-electron chi connectivity index (χ0n) is 11.0. The Bertz CT molecular complexity index is 302. The average Bonchev–Trinajstić information content (AvgIpc) is 2.74. The Labute approximate surface area is 108 Å². The molecule has 1 aromatic rings. The summed E-state index contributed by atoms with van der Waals surface area (Å²) in [6.07, 6.45) is 3.58. The largest absolute Gasteiger partial charge is 0.372 e. The van der Waals surface area contributed by atoms with Crippen LogP contribution in [0, 0.1) is 0 Å². The summed E-state index contributed by atoms with van der Waals surface area (Å²) in [5.74, 6) is 0. The van der Waals surface area contributed by atoms with Crippen molar-refractivity contribution in [1.82, 2.24) is 15.5 Å². The van der Waals surface area contributed by atoms with Crippen LogP contribution in [0.2, 0.25) is 0 Å². The van der Waals surface area contributed by atoms with Gasteiger partial charge in [-0.25, -0.2) is 0 Å². The molecule has 1 heterocycles. The Balaban J connectivity index is 2.17. The predicted molar refractivity (Wildman–Crippen MR) is 71.3 cm³/mol. The molecule has 5 heteroatoms. The lowest BCUT2D eigenvalue weighted by Crippen LogP contribution is -2.16. The van der Waals surface area contributed by atoms with Gasteiger partial charge in [-0.2, -0.15) is 0 Å². The molecule has 0 saturated heterocycles. The van der Waals surface area contributed by atoms with E-state index in [1.54, 1.807) is 11.3 Å². The van der Waals surface area contributed by atoms with E-state index in [4.69, 9.17) is 4.74 Å². The molecule has 0 unspecified atom stereocenters. The third-order valence-corrected chi connectivity index (χ3v) is 3.18. The van der Waals surface area contributed by atoms with Crippen molar-refractivity contribution < 1.29 is 4.74 Å². The van der Waals surface area contributed by atoms with E-state index in [1.807, 2.05) is 13.8 Å². The SMILES string of the molecule is CCCNCCCc1nnc(COC(C)C)s1. The van der Waals surface area contributed by atoms with Crippen LogP contribution in [0.5, 0.6) is 0 Å². The van der Waals surface area contributed by atoms with Crippen LogP contribution in [0.25, 0.3) is 0 Å². The van der Waals surface area contributed by atoms with E-state index in [2.05, 4.69) is 22.4 Å². The molecule has 0 aliphatic carbocycles. The fraction of sp³-hybridized carbons (Fsp3) is 0.833. The second-order valence-electron chi connectivity index (χ2n) is 4.30. The highest BCUT2D eigenvalue weighted by Gasteiger charge is 2.04. The molecule has 0 bridgehead atoms. The molecule has 0 aliphatic rings. The van der Waals surface area contributed by atoms with Crippen molar-refractivity contribution >= 4 is 11.3 Å². The Hall–Kier alpha value is -0.520. The summed E-state index contributed by atoms with van der Waals surface area (Å²) < 4.78 is 5.49. The average molecular weight is 257 g/mol. The lowest BCUT2D eigenvalue weighted by Gasteiger charge is -2.03. The number of aryl methyl sites for hydroxylation is 1. The third kappa shape index (κ3) is 6.71. The highest BCUT2D eigenvalue weighted by Crippen LogP contribution is 2.13. The second kappa shape index (κ2) is 8.55. The number of nitrogens with one attached hydrogen (secondary N) is 1. The summed E-state index contributed by atoms with van der Waals surface area (Å²) >= 11 is 1.66. The van der Waals surface area contributed by atoms with E-state index < -0.39 is 0 Å². The van der Waals surface area contributed by atoms with Gasteiger partial charge in [0.25, 0.3) is 0 Å². The van der Waals surface area contributed by atoms with Crippen LogP contribution in [0.15, 0.2) is 0 Å². The summed E-state index contributed by atoms with van der Waals surface area (Å²) in [6.45, 7) is 8.99. The first-order chi connectivity index (χ1) is 8.22. The number of nitrogens with zero attached hydrogens (tertiary/aromatic N) is 2. The molecule has 0 atom stereocenters. The molecule has 17 heavy (non-hydrogen) atoms.